The first-order valence-corrected chi connectivity index (χ1v) is 6.20. The van der Waals surface area contributed by atoms with Crippen molar-refractivity contribution in [2.24, 2.45) is 0 Å². The molecule has 17 heavy (non-hydrogen) atoms. The standard InChI is InChI=1S/C13H17ClO3/c1-13(16-9-11(8-14)17-13)7-10-5-3-4-6-12(10)15-2/h3-6,11H,7-9H2,1-2H3. The van der Waals surface area contributed by atoms with Crippen molar-refractivity contribution < 1.29 is 14.2 Å². The minimum absolute atomic E-state index is 0.0172. The predicted octanol–water partition coefficient (Wildman–Crippen LogP) is 2.61. The molecule has 94 valence electrons. The highest BCUT2D eigenvalue weighted by Gasteiger charge is 2.37. The molecule has 3 nitrogen and oxygen atoms in total. The van der Waals surface area contributed by atoms with Crippen LogP contribution in [0.4, 0.5) is 0 Å². The van der Waals surface area contributed by atoms with Crippen molar-refractivity contribution >= 4 is 11.6 Å². The third-order valence-corrected chi connectivity index (χ3v) is 3.21. The maximum atomic E-state index is 5.79. The summed E-state index contributed by atoms with van der Waals surface area (Å²) in [6.07, 6.45) is 0.640. The summed E-state index contributed by atoms with van der Waals surface area (Å²) in [5.41, 5.74) is 1.08. The molecule has 0 aromatic heterocycles. The van der Waals surface area contributed by atoms with Crippen LogP contribution in [-0.2, 0) is 15.9 Å². The van der Waals surface area contributed by atoms with Crippen LogP contribution in [-0.4, -0.2) is 31.5 Å². The molecule has 1 fully saturated rings. The Hall–Kier alpha value is -0.770. The predicted molar refractivity (Wildman–Crippen MR) is 66.6 cm³/mol. The highest BCUT2D eigenvalue weighted by Crippen LogP contribution is 2.31. The molecule has 0 spiro atoms. The van der Waals surface area contributed by atoms with Crippen LogP contribution < -0.4 is 4.74 Å². The van der Waals surface area contributed by atoms with Gasteiger partial charge in [-0.3, -0.25) is 0 Å². The summed E-state index contributed by atoms with van der Waals surface area (Å²) in [6, 6.07) is 7.88. The van der Waals surface area contributed by atoms with E-state index in [1.54, 1.807) is 7.11 Å². The Kier molecular flexibility index (Phi) is 3.92. The molecule has 1 saturated heterocycles. The van der Waals surface area contributed by atoms with E-state index in [0.717, 1.165) is 11.3 Å². The molecule has 1 heterocycles. The number of ether oxygens (including phenoxy) is 3. The Labute approximate surface area is 107 Å². The maximum absolute atomic E-state index is 5.79. The van der Waals surface area contributed by atoms with Crippen molar-refractivity contribution in [1.82, 2.24) is 0 Å². The second-order valence-corrected chi connectivity index (χ2v) is 4.64. The highest BCUT2D eigenvalue weighted by molar-refractivity contribution is 6.18. The third kappa shape index (κ3) is 2.92. The van der Waals surface area contributed by atoms with Crippen LogP contribution in [0.3, 0.4) is 0 Å². The molecule has 2 atom stereocenters. The van der Waals surface area contributed by atoms with Crippen LogP contribution in [0, 0.1) is 0 Å². The van der Waals surface area contributed by atoms with Gasteiger partial charge in [-0.25, -0.2) is 0 Å². The fourth-order valence-corrected chi connectivity index (χ4v) is 2.21. The molecule has 2 unspecified atom stereocenters. The normalized spacial score (nSPS) is 28.3. The van der Waals surface area contributed by atoms with E-state index < -0.39 is 5.79 Å². The van der Waals surface area contributed by atoms with Crippen molar-refractivity contribution in [1.29, 1.82) is 0 Å². The van der Waals surface area contributed by atoms with Gasteiger partial charge in [0.05, 0.1) is 25.7 Å². The van der Waals surface area contributed by atoms with Crippen molar-refractivity contribution in [3.05, 3.63) is 29.8 Å². The minimum Gasteiger partial charge on any atom is -0.496 e. The second kappa shape index (κ2) is 5.25. The lowest BCUT2D eigenvalue weighted by Gasteiger charge is -2.24. The lowest BCUT2D eigenvalue weighted by atomic mass is 10.1. The maximum Gasteiger partial charge on any atom is 0.170 e. The largest absolute Gasteiger partial charge is 0.496 e. The molecular weight excluding hydrogens is 240 g/mol. The average Bonchev–Trinajstić information content (AvgIpc) is 2.72. The van der Waals surface area contributed by atoms with Crippen LogP contribution >= 0.6 is 11.6 Å². The van der Waals surface area contributed by atoms with Crippen LogP contribution in [0.2, 0.25) is 0 Å². The Balaban J connectivity index is 2.10. The van der Waals surface area contributed by atoms with E-state index in [9.17, 15) is 0 Å². The fourth-order valence-electron chi connectivity index (χ4n) is 2.05. The van der Waals surface area contributed by atoms with Gasteiger partial charge in [0.1, 0.15) is 5.75 Å². The summed E-state index contributed by atoms with van der Waals surface area (Å²) in [5.74, 6) is 0.714. The summed E-state index contributed by atoms with van der Waals surface area (Å²) in [5, 5.41) is 0. The average molecular weight is 257 g/mol. The number of methoxy groups -OCH3 is 1. The molecule has 0 amide bonds. The van der Waals surface area contributed by atoms with Gasteiger partial charge in [-0.1, -0.05) is 18.2 Å². The Morgan fingerprint density at radius 3 is 2.88 bits per heavy atom. The fraction of sp³-hybridized carbons (Fsp3) is 0.538. The van der Waals surface area contributed by atoms with Crippen molar-refractivity contribution in [3.63, 3.8) is 0 Å². The Bertz CT molecular complexity index is 383. The number of rotatable bonds is 4. The lowest BCUT2D eigenvalue weighted by Crippen LogP contribution is -2.30. The van der Waals surface area contributed by atoms with Gasteiger partial charge >= 0.3 is 0 Å². The Morgan fingerprint density at radius 1 is 1.47 bits per heavy atom. The summed E-state index contributed by atoms with van der Waals surface area (Å²) in [6.45, 7) is 2.49. The van der Waals surface area contributed by atoms with E-state index in [2.05, 4.69) is 0 Å². The number of benzene rings is 1. The number of hydrogen-bond donors (Lipinski definition) is 0. The van der Waals surface area contributed by atoms with E-state index in [1.165, 1.54) is 0 Å². The molecule has 0 bridgehead atoms. The lowest BCUT2D eigenvalue weighted by molar-refractivity contribution is -0.150. The first-order chi connectivity index (χ1) is 8.17. The molecule has 0 aliphatic carbocycles. The van der Waals surface area contributed by atoms with Gasteiger partial charge < -0.3 is 14.2 Å². The van der Waals surface area contributed by atoms with Crippen LogP contribution in [0.15, 0.2) is 24.3 Å². The monoisotopic (exact) mass is 256 g/mol. The van der Waals surface area contributed by atoms with Crippen molar-refractivity contribution in [2.75, 3.05) is 19.6 Å². The quantitative estimate of drug-likeness (QED) is 0.775. The molecule has 1 aromatic rings. The van der Waals surface area contributed by atoms with Gasteiger partial charge in [0.25, 0.3) is 0 Å². The number of hydrogen-bond acceptors (Lipinski definition) is 3. The zero-order chi connectivity index (χ0) is 12.3. The molecule has 0 radical (unpaired) electrons. The summed E-state index contributed by atoms with van der Waals surface area (Å²) in [4.78, 5) is 0. The van der Waals surface area contributed by atoms with E-state index in [1.807, 2.05) is 31.2 Å². The van der Waals surface area contributed by atoms with Gasteiger partial charge in [-0.2, -0.15) is 0 Å². The molecule has 1 aliphatic heterocycles. The Morgan fingerprint density at radius 2 is 2.24 bits per heavy atom. The van der Waals surface area contributed by atoms with E-state index in [0.29, 0.717) is 18.9 Å². The molecule has 1 aromatic carbocycles. The van der Waals surface area contributed by atoms with Gasteiger partial charge in [0, 0.05) is 6.42 Å². The zero-order valence-corrected chi connectivity index (χ0v) is 10.9. The summed E-state index contributed by atoms with van der Waals surface area (Å²) >= 11 is 5.77. The molecule has 0 saturated carbocycles. The topological polar surface area (TPSA) is 27.7 Å². The SMILES string of the molecule is COc1ccccc1CC1(C)OCC(CCl)O1. The number of alkyl halides is 1. The van der Waals surface area contributed by atoms with Gasteiger partial charge in [0.2, 0.25) is 0 Å². The van der Waals surface area contributed by atoms with Gasteiger partial charge in [-0.05, 0) is 18.6 Å². The second-order valence-electron chi connectivity index (χ2n) is 4.33. The summed E-state index contributed by atoms with van der Waals surface area (Å²) in [7, 11) is 1.67. The van der Waals surface area contributed by atoms with Crippen LogP contribution in [0.25, 0.3) is 0 Å². The van der Waals surface area contributed by atoms with Crippen molar-refractivity contribution in [2.45, 2.75) is 25.2 Å². The minimum atomic E-state index is -0.603. The highest BCUT2D eigenvalue weighted by atomic mass is 35.5. The third-order valence-electron chi connectivity index (χ3n) is 2.87. The molecule has 0 N–H and O–H groups in total. The van der Waals surface area contributed by atoms with Crippen molar-refractivity contribution in [3.8, 4) is 5.75 Å². The van der Waals surface area contributed by atoms with Crippen LogP contribution in [0.1, 0.15) is 12.5 Å². The van der Waals surface area contributed by atoms with Gasteiger partial charge in [-0.15, -0.1) is 11.6 Å². The zero-order valence-electron chi connectivity index (χ0n) is 10.1. The van der Waals surface area contributed by atoms with E-state index in [-0.39, 0.29) is 6.10 Å². The first kappa shape index (κ1) is 12.7. The van der Waals surface area contributed by atoms with E-state index in [4.69, 9.17) is 25.8 Å². The number of para-hydroxylation sites is 1. The van der Waals surface area contributed by atoms with E-state index >= 15 is 0 Å². The molecular formula is C13H17ClO3. The van der Waals surface area contributed by atoms with Gasteiger partial charge in [0.15, 0.2) is 5.79 Å². The smallest absolute Gasteiger partial charge is 0.170 e. The first-order valence-electron chi connectivity index (χ1n) is 5.66. The molecule has 2 rings (SSSR count). The molecule has 4 heteroatoms. The molecule has 1 aliphatic rings. The number of halogens is 1. The van der Waals surface area contributed by atoms with Crippen LogP contribution in [0.5, 0.6) is 5.75 Å². The summed E-state index contributed by atoms with van der Waals surface area (Å²) < 4.78 is 16.8.